The standard InChI is InChI=1S/C10H14N2O/c1-2-12-9(5-6-11-12)10(13)7-8-3-4-8/h5-6,8H,2-4,7H2,1H3. The minimum absolute atomic E-state index is 0.252. The number of carbonyl (C=O) groups is 1. The molecule has 1 aliphatic rings. The third kappa shape index (κ3) is 1.79. The van der Waals surface area contributed by atoms with E-state index in [9.17, 15) is 4.79 Å². The lowest BCUT2D eigenvalue weighted by Crippen LogP contribution is -2.09. The van der Waals surface area contributed by atoms with Gasteiger partial charge in [-0.15, -0.1) is 0 Å². The van der Waals surface area contributed by atoms with Crippen LogP contribution in [0.4, 0.5) is 0 Å². The van der Waals surface area contributed by atoms with Crippen LogP contribution < -0.4 is 0 Å². The Morgan fingerprint density at radius 1 is 1.69 bits per heavy atom. The maximum atomic E-state index is 11.7. The van der Waals surface area contributed by atoms with E-state index < -0.39 is 0 Å². The van der Waals surface area contributed by atoms with Crippen molar-refractivity contribution in [3.63, 3.8) is 0 Å². The van der Waals surface area contributed by atoms with Crippen molar-refractivity contribution in [1.29, 1.82) is 0 Å². The summed E-state index contributed by atoms with van der Waals surface area (Å²) in [6.45, 7) is 2.78. The average molecular weight is 178 g/mol. The Balaban J connectivity index is 2.08. The van der Waals surface area contributed by atoms with E-state index in [0.29, 0.717) is 12.3 Å². The minimum Gasteiger partial charge on any atom is -0.292 e. The number of rotatable bonds is 4. The number of hydrogen-bond acceptors (Lipinski definition) is 2. The van der Waals surface area contributed by atoms with E-state index in [2.05, 4.69) is 5.10 Å². The zero-order valence-corrected chi connectivity index (χ0v) is 7.86. The molecule has 1 fully saturated rings. The van der Waals surface area contributed by atoms with Gasteiger partial charge in [0.05, 0.1) is 0 Å². The topological polar surface area (TPSA) is 34.9 Å². The molecule has 0 bridgehead atoms. The molecule has 13 heavy (non-hydrogen) atoms. The molecule has 0 radical (unpaired) electrons. The lowest BCUT2D eigenvalue weighted by Gasteiger charge is -2.02. The third-order valence-corrected chi connectivity index (χ3v) is 2.47. The number of Topliss-reactive ketones (excluding diaryl/α,β-unsaturated/α-hetero) is 1. The molecule has 0 N–H and O–H groups in total. The summed E-state index contributed by atoms with van der Waals surface area (Å²) in [7, 11) is 0. The van der Waals surface area contributed by atoms with E-state index in [4.69, 9.17) is 0 Å². The molecule has 0 amide bonds. The highest BCUT2D eigenvalue weighted by atomic mass is 16.1. The quantitative estimate of drug-likeness (QED) is 0.660. The molecule has 0 aliphatic heterocycles. The Kier molecular flexibility index (Phi) is 2.17. The first kappa shape index (κ1) is 8.48. The van der Waals surface area contributed by atoms with Gasteiger partial charge in [0.2, 0.25) is 0 Å². The largest absolute Gasteiger partial charge is 0.292 e. The molecule has 0 spiro atoms. The van der Waals surface area contributed by atoms with Gasteiger partial charge in [-0.05, 0) is 31.7 Å². The van der Waals surface area contributed by atoms with Crippen molar-refractivity contribution in [2.45, 2.75) is 32.7 Å². The highest BCUT2D eigenvalue weighted by molar-refractivity contribution is 5.94. The molecule has 0 unspecified atom stereocenters. The summed E-state index contributed by atoms with van der Waals surface area (Å²) in [6, 6.07) is 1.81. The van der Waals surface area contributed by atoms with Crippen LogP contribution in [0.3, 0.4) is 0 Å². The molecule has 3 heteroatoms. The van der Waals surface area contributed by atoms with Crippen molar-refractivity contribution in [2.24, 2.45) is 5.92 Å². The second kappa shape index (κ2) is 3.32. The Hall–Kier alpha value is -1.12. The van der Waals surface area contributed by atoms with Gasteiger partial charge in [-0.3, -0.25) is 9.48 Å². The van der Waals surface area contributed by atoms with Crippen LogP contribution in [-0.2, 0) is 6.54 Å². The van der Waals surface area contributed by atoms with E-state index >= 15 is 0 Å². The SMILES string of the molecule is CCn1nccc1C(=O)CC1CC1. The van der Waals surface area contributed by atoms with Gasteiger partial charge in [0, 0.05) is 19.2 Å². The van der Waals surface area contributed by atoms with Gasteiger partial charge in [0.25, 0.3) is 0 Å². The van der Waals surface area contributed by atoms with Crippen LogP contribution in [0.5, 0.6) is 0 Å². The predicted octanol–water partition coefficient (Wildman–Crippen LogP) is 1.89. The van der Waals surface area contributed by atoms with Gasteiger partial charge >= 0.3 is 0 Å². The maximum Gasteiger partial charge on any atom is 0.181 e. The smallest absolute Gasteiger partial charge is 0.181 e. The molecule has 1 aromatic rings. The zero-order valence-electron chi connectivity index (χ0n) is 7.86. The van der Waals surface area contributed by atoms with Gasteiger partial charge in [-0.25, -0.2) is 0 Å². The summed E-state index contributed by atoms with van der Waals surface area (Å²) in [5.74, 6) is 0.912. The van der Waals surface area contributed by atoms with Gasteiger partial charge in [0.15, 0.2) is 5.78 Å². The molecule has 1 saturated carbocycles. The first-order valence-electron chi connectivity index (χ1n) is 4.86. The molecule has 1 aliphatic carbocycles. The number of aryl methyl sites for hydroxylation is 1. The molecule has 0 saturated heterocycles. The number of carbonyl (C=O) groups excluding carboxylic acids is 1. The minimum atomic E-state index is 0.252. The molecule has 1 aromatic heterocycles. The van der Waals surface area contributed by atoms with Gasteiger partial charge in [-0.2, -0.15) is 5.10 Å². The number of ketones is 1. The first-order valence-corrected chi connectivity index (χ1v) is 4.86. The normalized spacial score (nSPS) is 16.1. The van der Waals surface area contributed by atoms with Crippen LogP contribution in [-0.4, -0.2) is 15.6 Å². The second-order valence-electron chi connectivity index (χ2n) is 3.60. The lowest BCUT2D eigenvalue weighted by atomic mass is 10.1. The molecule has 1 heterocycles. The van der Waals surface area contributed by atoms with Crippen molar-refractivity contribution in [3.8, 4) is 0 Å². The van der Waals surface area contributed by atoms with Crippen LogP contribution in [0.25, 0.3) is 0 Å². The summed E-state index contributed by atoms with van der Waals surface area (Å²) >= 11 is 0. The Morgan fingerprint density at radius 2 is 2.46 bits per heavy atom. The zero-order chi connectivity index (χ0) is 9.26. The van der Waals surface area contributed by atoms with Crippen molar-refractivity contribution in [2.75, 3.05) is 0 Å². The van der Waals surface area contributed by atoms with Crippen molar-refractivity contribution < 1.29 is 4.79 Å². The molecular formula is C10H14N2O. The highest BCUT2D eigenvalue weighted by Crippen LogP contribution is 2.33. The van der Waals surface area contributed by atoms with Crippen LogP contribution in [0.2, 0.25) is 0 Å². The van der Waals surface area contributed by atoms with Crippen LogP contribution >= 0.6 is 0 Å². The van der Waals surface area contributed by atoms with E-state index in [1.807, 2.05) is 13.0 Å². The van der Waals surface area contributed by atoms with Gasteiger partial charge in [0.1, 0.15) is 5.69 Å². The third-order valence-electron chi connectivity index (χ3n) is 2.47. The summed E-state index contributed by atoms with van der Waals surface area (Å²) in [5.41, 5.74) is 0.773. The Labute approximate surface area is 77.7 Å². The molecule has 70 valence electrons. The maximum absolute atomic E-state index is 11.7. The van der Waals surface area contributed by atoms with Crippen LogP contribution in [0, 0.1) is 5.92 Å². The van der Waals surface area contributed by atoms with E-state index in [0.717, 1.165) is 12.2 Å². The van der Waals surface area contributed by atoms with Crippen molar-refractivity contribution in [1.82, 2.24) is 9.78 Å². The monoisotopic (exact) mass is 178 g/mol. The summed E-state index contributed by atoms with van der Waals surface area (Å²) in [6.07, 6.45) is 4.87. The fourth-order valence-corrected chi connectivity index (χ4v) is 1.51. The number of hydrogen-bond donors (Lipinski definition) is 0. The highest BCUT2D eigenvalue weighted by Gasteiger charge is 2.25. The molecule has 0 atom stereocenters. The Morgan fingerprint density at radius 3 is 3.08 bits per heavy atom. The number of nitrogens with zero attached hydrogens (tertiary/aromatic N) is 2. The van der Waals surface area contributed by atoms with Crippen molar-refractivity contribution in [3.05, 3.63) is 18.0 Å². The first-order chi connectivity index (χ1) is 6.31. The van der Waals surface area contributed by atoms with Crippen LogP contribution in [0.1, 0.15) is 36.7 Å². The van der Waals surface area contributed by atoms with E-state index in [-0.39, 0.29) is 5.78 Å². The fourth-order valence-electron chi connectivity index (χ4n) is 1.51. The Bertz CT molecular complexity index is 312. The summed E-state index contributed by atoms with van der Waals surface area (Å²) in [4.78, 5) is 11.7. The molecule has 0 aromatic carbocycles. The molecule has 2 rings (SSSR count). The molecular weight excluding hydrogens is 164 g/mol. The summed E-state index contributed by atoms with van der Waals surface area (Å²) in [5, 5.41) is 4.08. The van der Waals surface area contributed by atoms with E-state index in [1.54, 1.807) is 10.9 Å². The second-order valence-corrected chi connectivity index (χ2v) is 3.60. The van der Waals surface area contributed by atoms with Crippen LogP contribution in [0.15, 0.2) is 12.3 Å². The predicted molar refractivity (Wildman–Crippen MR) is 49.6 cm³/mol. The summed E-state index contributed by atoms with van der Waals surface area (Å²) < 4.78 is 1.77. The lowest BCUT2D eigenvalue weighted by molar-refractivity contribution is 0.0965. The van der Waals surface area contributed by atoms with Crippen molar-refractivity contribution >= 4 is 5.78 Å². The average Bonchev–Trinajstić information content (AvgIpc) is 2.82. The van der Waals surface area contributed by atoms with Gasteiger partial charge in [-0.1, -0.05) is 0 Å². The fraction of sp³-hybridized carbons (Fsp3) is 0.600. The van der Waals surface area contributed by atoms with Gasteiger partial charge < -0.3 is 0 Å². The van der Waals surface area contributed by atoms with E-state index in [1.165, 1.54) is 12.8 Å². The number of aromatic nitrogens is 2. The molecule has 3 nitrogen and oxygen atoms in total.